The zero-order valence-electron chi connectivity index (χ0n) is 26.3. The number of aliphatic imine (C=N–C) groups is 1. The van der Waals surface area contributed by atoms with Gasteiger partial charge in [-0.2, -0.15) is 5.10 Å². The standard InChI is InChI=1S/C31H41BClFN6O4/c1-29(2,3)42-28(41)38-21-11-9-20(10-12-21)37-26-22(27(35)39-24-15-19(34)8-13-23(24)33)16-36-40-17-18(14-25(26)40)32-43-30(4,5)31(6,7)44-32/h8,13-17,20-21,37H,9-12H2,1-7H3,(H2,35,39)(H,38,41)/t20-,21-. The number of rotatable bonds is 6. The third-order valence-corrected chi connectivity index (χ3v) is 8.72. The van der Waals surface area contributed by atoms with Crippen molar-refractivity contribution >= 4 is 53.0 Å². The zero-order chi connectivity index (χ0) is 32.0. The minimum absolute atomic E-state index is 0.0184. The molecule has 1 amide bonds. The monoisotopic (exact) mass is 626 g/mol. The van der Waals surface area contributed by atoms with Crippen molar-refractivity contribution in [3.05, 3.63) is 53.1 Å². The van der Waals surface area contributed by atoms with Crippen molar-refractivity contribution in [1.82, 2.24) is 14.9 Å². The number of alkyl carbamates (subject to hydrolysis) is 1. The summed E-state index contributed by atoms with van der Waals surface area (Å²) in [5, 5.41) is 11.6. The second kappa shape index (κ2) is 11.9. The van der Waals surface area contributed by atoms with E-state index in [1.807, 2.05) is 60.7 Å². The van der Waals surface area contributed by atoms with Crippen LogP contribution in [0.1, 0.15) is 79.7 Å². The molecule has 3 heterocycles. The molecule has 1 saturated carbocycles. The van der Waals surface area contributed by atoms with Crippen LogP contribution >= 0.6 is 11.6 Å². The first-order valence-corrected chi connectivity index (χ1v) is 15.3. The second-order valence-electron chi connectivity index (χ2n) is 13.6. The lowest BCUT2D eigenvalue weighted by Crippen LogP contribution is -2.42. The molecule has 2 aromatic heterocycles. The smallest absolute Gasteiger partial charge is 0.444 e. The van der Waals surface area contributed by atoms with Crippen LogP contribution in [0.15, 0.2) is 41.7 Å². The maximum atomic E-state index is 14.0. The first-order chi connectivity index (χ1) is 20.5. The van der Waals surface area contributed by atoms with E-state index < -0.39 is 35.8 Å². The summed E-state index contributed by atoms with van der Waals surface area (Å²) in [6.07, 6.45) is 6.25. The molecule has 2 aliphatic rings. The Morgan fingerprint density at radius 1 is 1.14 bits per heavy atom. The van der Waals surface area contributed by atoms with E-state index in [9.17, 15) is 9.18 Å². The molecule has 3 aromatic rings. The van der Waals surface area contributed by atoms with Gasteiger partial charge in [-0.05, 0) is 92.3 Å². The number of carbonyl (C=O) groups is 1. The van der Waals surface area contributed by atoms with Gasteiger partial charge in [-0.3, -0.25) is 0 Å². The molecule has 1 aliphatic carbocycles. The van der Waals surface area contributed by atoms with Crippen LogP contribution in [0.5, 0.6) is 0 Å². The van der Waals surface area contributed by atoms with Crippen LogP contribution in [0.3, 0.4) is 0 Å². The first kappa shape index (κ1) is 32.1. The second-order valence-corrected chi connectivity index (χ2v) is 14.0. The van der Waals surface area contributed by atoms with E-state index in [4.69, 9.17) is 31.4 Å². The van der Waals surface area contributed by atoms with Gasteiger partial charge in [-0.15, -0.1) is 0 Å². The summed E-state index contributed by atoms with van der Waals surface area (Å²) in [6.45, 7) is 13.6. The highest BCUT2D eigenvalue weighted by Gasteiger charge is 2.52. The van der Waals surface area contributed by atoms with Gasteiger partial charge in [0.2, 0.25) is 0 Å². The zero-order valence-corrected chi connectivity index (χ0v) is 27.1. The molecule has 0 unspecified atom stereocenters. The number of aromatic nitrogens is 2. The summed E-state index contributed by atoms with van der Waals surface area (Å²) in [7, 11) is -0.579. The molecule has 0 atom stereocenters. The van der Waals surface area contributed by atoms with E-state index in [-0.39, 0.29) is 28.6 Å². The molecule has 0 spiro atoms. The Labute approximate surface area is 263 Å². The molecule has 1 aliphatic heterocycles. The number of carbonyl (C=O) groups excluding carboxylic acids is 1. The van der Waals surface area contributed by atoms with Crippen molar-refractivity contribution in [3.8, 4) is 0 Å². The Morgan fingerprint density at radius 3 is 2.41 bits per heavy atom. The van der Waals surface area contributed by atoms with Crippen LogP contribution in [0.25, 0.3) is 5.52 Å². The highest BCUT2D eigenvalue weighted by Crippen LogP contribution is 2.37. The number of nitrogens with one attached hydrogen (secondary N) is 2. The molecular weight excluding hydrogens is 586 g/mol. The number of amidine groups is 1. The Morgan fingerprint density at radius 2 is 1.77 bits per heavy atom. The lowest BCUT2D eigenvalue weighted by molar-refractivity contribution is 0.00578. The van der Waals surface area contributed by atoms with Gasteiger partial charge in [0.25, 0.3) is 0 Å². The van der Waals surface area contributed by atoms with Crippen molar-refractivity contribution < 1.29 is 23.2 Å². The third-order valence-electron chi connectivity index (χ3n) is 8.41. The molecule has 2 fully saturated rings. The Hall–Kier alpha value is -3.35. The summed E-state index contributed by atoms with van der Waals surface area (Å²) in [6, 6.07) is 6.02. The highest BCUT2D eigenvalue weighted by atomic mass is 35.5. The fourth-order valence-corrected chi connectivity index (χ4v) is 5.51. The fraction of sp³-hybridized carbons (Fsp3) is 0.516. The average Bonchev–Trinajstić information content (AvgIpc) is 3.44. The number of hydrogen-bond acceptors (Lipinski definition) is 7. The van der Waals surface area contributed by atoms with Gasteiger partial charge in [-0.25, -0.2) is 18.7 Å². The van der Waals surface area contributed by atoms with Crippen LogP contribution in [0, 0.1) is 5.82 Å². The molecule has 10 nitrogen and oxygen atoms in total. The first-order valence-electron chi connectivity index (χ1n) is 14.9. The van der Waals surface area contributed by atoms with Gasteiger partial charge in [0.05, 0.1) is 44.9 Å². The van der Waals surface area contributed by atoms with Gasteiger partial charge < -0.3 is 30.4 Å². The SMILES string of the molecule is CC(C)(C)OC(=O)N[C@H]1CC[C@H](Nc2c(/C(N)=N/c3cc(F)ccc3Cl)cnn3cc(B4OC(C)(C)C(C)(C)O4)cc23)CC1. The number of halogens is 2. The highest BCUT2D eigenvalue weighted by molar-refractivity contribution is 6.62. The number of benzene rings is 1. The van der Waals surface area contributed by atoms with E-state index in [1.54, 1.807) is 10.7 Å². The van der Waals surface area contributed by atoms with Crippen LogP contribution in [0.2, 0.25) is 5.02 Å². The van der Waals surface area contributed by atoms with Gasteiger partial charge in [0.1, 0.15) is 17.3 Å². The maximum absolute atomic E-state index is 14.0. The van der Waals surface area contributed by atoms with Crippen LogP contribution in [-0.4, -0.2) is 57.5 Å². The van der Waals surface area contributed by atoms with E-state index in [0.717, 1.165) is 42.4 Å². The lowest BCUT2D eigenvalue weighted by Gasteiger charge is -2.32. The number of amides is 1. The van der Waals surface area contributed by atoms with Crippen LogP contribution < -0.4 is 21.8 Å². The number of nitrogens with zero attached hydrogens (tertiary/aromatic N) is 3. The fourth-order valence-electron chi connectivity index (χ4n) is 5.35. The third kappa shape index (κ3) is 6.97. The van der Waals surface area contributed by atoms with E-state index in [0.29, 0.717) is 5.56 Å². The lowest BCUT2D eigenvalue weighted by atomic mass is 9.81. The summed E-state index contributed by atoms with van der Waals surface area (Å²) in [5.74, 6) is -0.336. The van der Waals surface area contributed by atoms with Crippen molar-refractivity contribution in [3.63, 3.8) is 0 Å². The topological polar surface area (TPSA) is 124 Å². The van der Waals surface area contributed by atoms with Crippen molar-refractivity contribution in [2.75, 3.05) is 5.32 Å². The van der Waals surface area contributed by atoms with Crippen LogP contribution in [0.4, 0.5) is 20.6 Å². The summed E-state index contributed by atoms with van der Waals surface area (Å²) >= 11 is 6.29. The Bertz CT molecular complexity index is 1560. The molecule has 0 radical (unpaired) electrons. The van der Waals surface area contributed by atoms with E-state index >= 15 is 0 Å². The number of anilines is 1. The largest absolute Gasteiger partial charge is 0.496 e. The summed E-state index contributed by atoms with van der Waals surface area (Å²) < 4.78 is 33.8. The van der Waals surface area contributed by atoms with E-state index in [2.05, 4.69) is 20.7 Å². The Balaban J connectivity index is 1.45. The minimum Gasteiger partial charge on any atom is -0.444 e. The van der Waals surface area contributed by atoms with Crippen molar-refractivity contribution in [2.45, 2.75) is 103 Å². The number of fused-ring (bicyclic) bond motifs is 1. The number of nitrogens with two attached hydrogens (primary N) is 1. The van der Waals surface area contributed by atoms with Crippen LogP contribution in [-0.2, 0) is 14.0 Å². The van der Waals surface area contributed by atoms with Gasteiger partial charge >= 0.3 is 13.2 Å². The quantitative estimate of drug-likeness (QED) is 0.182. The molecule has 44 heavy (non-hydrogen) atoms. The minimum atomic E-state index is -0.579. The Kier molecular flexibility index (Phi) is 8.65. The maximum Gasteiger partial charge on any atom is 0.496 e. The molecule has 5 rings (SSSR count). The predicted octanol–water partition coefficient (Wildman–Crippen LogP) is 5.71. The number of ether oxygens (including phenoxy) is 1. The normalized spacial score (nSPS) is 21.8. The molecular formula is C31H41BClFN6O4. The molecule has 13 heteroatoms. The summed E-state index contributed by atoms with van der Waals surface area (Å²) in [4.78, 5) is 16.8. The van der Waals surface area contributed by atoms with Gasteiger partial charge in [0.15, 0.2) is 0 Å². The van der Waals surface area contributed by atoms with Gasteiger partial charge in [0, 0.05) is 29.8 Å². The predicted molar refractivity (Wildman–Crippen MR) is 172 cm³/mol. The average molecular weight is 627 g/mol. The molecule has 0 bridgehead atoms. The molecule has 1 saturated heterocycles. The van der Waals surface area contributed by atoms with E-state index in [1.165, 1.54) is 18.2 Å². The molecule has 4 N–H and O–H groups in total. The van der Waals surface area contributed by atoms with Crippen molar-refractivity contribution in [1.29, 1.82) is 0 Å². The molecule has 236 valence electrons. The van der Waals surface area contributed by atoms with Gasteiger partial charge in [-0.1, -0.05) is 11.6 Å². The van der Waals surface area contributed by atoms with Crippen molar-refractivity contribution in [2.24, 2.45) is 10.7 Å². The number of hydrogen-bond donors (Lipinski definition) is 3. The molecule has 1 aromatic carbocycles. The summed E-state index contributed by atoms with van der Waals surface area (Å²) in [5.41, 5.74) is 8.03.